The molecule has 10 heteroatoms. The lowest BCUT2D eigenvalue weighted by atomic mass is 10.2. The summed E-state index contributed by atoms with van der Waals surface area (Å²) in [6.07, 6.45) is 0. The average Bonchev–Trinajstić information content (AvgIpc) is 3.20. The van der Waals surface area contributed by atoms with Gasteiger partial charge < -0.3 is 19.4 Å². The highest BCUT2D eigenvalue weighted by Gasteiger charge is 2.18. The number of halogens is 2. The van der Waals surface area contributed by atoms with Gasteiger partial charge in [0.25, 0.3) is 0 Å². The fraction of sp³-hybridized carbons (Fsp3) is 0.286. The maximum atomic E-state index is 13.8. The second kappa shape index (κ2) is 9.57. The van der Waals surface area contributed by atoms with Gasteiger partial charge in [-0.3, -0.25) is 4.79 Å². The molecule has 7 nitrogen and oxygen atoms in total. The topological polar surface area (TPSA) is 78.3 Å². The number of rotatable bonds is 7. The zero-order chi connectivity index (χ0) is 21.8. The number of hydrogen-bond acceptors (Lipinski definition) is 6. The van der Waals surface area contributed by atoms with Crippen molar-refractivity contribution in [3.63, 3.8) is 0 Å². The summed E-state index contributed by atoms with van der Waals surface area (Å²) < 4.78 is 27.0. The predicted octanol–water partition coefficient (Wildman–Crippen LogP) is 3.94. The van der Waals surface area contributed by atoms with Gasteiger partial charge in [-0.15, -0.1) is 10.2 Å². The molecule has 1 aromatic heterocycles. The minimum Gasteiger partial charge on any atom is -0.486 e. The number of carbonyl (C=O) groups excluding carboxylic acids is 1. The van der Waals surface area contributed by atoms with Crippen molar-refractivity contribution in [2.75, 3.05) is 19.0 Å². The molecule has 1 amide bonds. The Hall–Kier alpha value is -2.78. The molecule has 31 heavy (non-hydrogen) atoms. The summed E-state index contributed by atoms with van der Waals surface area (Å²) in [5.41, 5.74) is 1.12. The van der Waals surface area contributed by atoms with Gasteiger partial charge in [0.1, 0.15) is 19.0 Å². The second-order valence-electron chi connectivity index (χ2n) is 6.67. The molecule has 1 aliphatic heterocycles. The average molecular weight is 463 g/mol. The van der Waals surface area contributed by atoms with Gasteiger partial charge in [-0.25, -0.2) is 4.39 Å². The minimum atomic E-state index is -0.449. The summed E-state index contributed by atoms with van der Waals surface area (Å²) >= 11 is 7.26. The van der Waals surface area contributed by atoms with Crippen LogP contribution < -0.4 is 14.8 Å². The Morgan fingerprint density at radius 2 is 2.03 bits per heavy atom. The minimum absolute atomic E-state index is 0.0216. The van der Waals surface area contributed by atoms with Crippen molar-refractivity contribution in [2.24, 2.45) is 0 Å². The number of fused-ring (bicyclic) bond motifs is 1. The highest BCUT2D eigenvalue weighted by Crippen LogP contribution is 2.34. The van der Waals surface area contributed by atoms with Gasteiger partial charge in [-0.1, -0.05) is 29.4 Å². The van der Waals surface area contributed by atoms with Crippen LogP contribution in [-0.2, 0) is 17.9 Å². The van der Waals surface area contributed by atoms with Crippen LogP contribution in [0.4, 0.5) is 4.39 Å². The Morgan fingerprint density at radius 3 is 2.81 bits per heavy atom. The molecule has 2 aromatic carbocycles. The van der Waals surface area contributed by atoms with Crippen molar-refractivity contribution in [1.29, 1.82) is 0 Å². The lowest BCUT2D eigenvalue weighted by Gasteiger charge is -2.18. The molecule has 0 aliphatic carbocycles. The zero-order valence-corrected chi connectivity index (χ0v) is 18.3. The van der Waals surface area contributed by atoms with Crippen molar-refractivity contribution < 1.29 is 18.7 Å². The molecule has 3 aromatic rings. The van der Waals surface area contributed by atoms with Gasteiger partial charge in [0, 0.05) is 29.2 Å². The SMILES string of the molecule is CCn1c(SCC(=O)NCc2c(F)cccc2Cl)nnc1-c1ccc2c(c1)OCCO2. The Labute approximate surface area is 187 Å². The number of aromatic nitrogens is 3. The summed E-state index contributed by atoms with van der Waals surface area (Å²) in [5, 5.41) is 12.1. The Bertz CT molecular complexity index is 1090. The molecule has 0 atom stereocenters. The van der Waals surface area contributed by atoms with Gasteiger partial charge in [0.05, 0.1) is 5.75 Å². The molecule has 0 saturated carbocycles. The van der Waals surface area contributed by atoms with Crippen LogP contribution in [0.5, 0.6) is 11.5 Å². The Kier molecular flexibility index (Phi) is 6.62. The molecule has 1 aliphatic rings. The third kappa shape index (κ3) is 4.77. The van der Waals surface area contributed by atoms with Crippen LogP contribution in [0.3, 0.4) is 0 Å². The lowest BCUT2D eigenvalue weighted by molar-refractivity contribution is -0.118. The smallest absolute Gasteiger partial charge is 0.230 e. The van der Waals surface area contributed by atoms with Crippen molar-refractivity contribution in [3.8, 4) is 22.9 Å². The van der Waals surface area contributed by atoms with Gasteiger partial charge in [-0.2, -0.15) is 0 Å². The van der Waals surface area contributed by atoms with Crippen LogP contribution in [-0.4, -0.2) is 39.6 Å². The van der Waals surface area contributed by atoms with Gasteiger partial charge in [0.2, 0.25) is 5.91 Å². The first kappa shape index (κ1) is 21.5. The van der Waals surface area contributed by atoms with Crippen LogP contribution in [0.2, 0.25) is 5.02 Å². The van der Waals surface area contributed by atoms with E-state index in [0.29, 0.717) is 42.2 Å². The fourth-order valence-corrected chi connectivity index (χ4v) is 4.21. The molecule has 0 fully saturated rings. The van der Waals surface area contributed by atoms with E-state index in [2.05, 4.69) is 15.5 Å². The third-order valence-electron chi connectivity index (χ3n) is 4.69. The quantitative estimate of drug-likeness (QED) is 0.536. The van der Waals surface area contributed by atoms with E-state index in [9.17, 15) is 9.18 Å². The first-order valence-corrected chi connectivity index (χ1v) is 11.1. The third-order valence-corrected chi connectivity index (χ3v) is 6.01. The van der Waals surface area contributed by atoms with E-state index in [4.69, 9.17) is 21.1 Å². The summed E-state index contributed by atoms with van der Waals surface area (Å²) in [7, 11) is 0. The molecule has 0 bridgehead atoms. The van der Waals surface area contributed by atoms with Crippen LogP contribution in [0, 0.1) is 5.82 Å². The second-order valence-corrected chi connectivity index (χ2v) is 8.02. The molecule has 0 radical (unpaired) electrons. The molecule has 0 unspecified atom stereocenters. The van der Waals surface area contributed by atoms with Gasteiger partial charge in [0.15, 0.2) is 22.5 Å². The fourth-order valence-electron chi connectivity index (χ4n) is 3.15. The monoisotopic (exact) mass is 462 g/mol. The highest BCUT2D eigenvalue weighted by molar-refractivity contribution is 7.99. The standard InChI is InChI=1S/C21H20ClFN4O3S/c1-2-27-20(13-6-7-17-18(10-13)30-9-8-29-17)25-26-21(27)31-12-19(28)24-11-14-15(22)4-3-5-16(14)23/h3-7,10H,2,8-9,11-12H2,1H3,(H,24,28). The van der Waals surface area contributed by atoms with E-state index < -0.39 is 5.82 Å². The van der Waals surface area contributed by atoms with Crippen molar-refractivity contribution in [3.05, 3.63) is 52.8 Å². The van der Waals surface area contributed by atoms with Crippen molar-refractivity contribution >= 4 is 29.3 Å². The lowest BCUT2D eigenvalue weighted by Crippen LogP contribution is -2.25. The van der Waals surface area contributed by atoms with Crippen molar-refractivity contribution in [2.45, 2.75) is 25.2 Å². The Balaban J connectivity index is 1.41. The molecule has 0 saturated heterocycles. The molecule has 0 spiro atoms. The molecule has 2 heterocycles. The van der Waals surface area contributed by atoms with E-state index >= 15 is 0 Å². The van der Waals surface area contributed by atoms with E-state index in [1.54, 1.807) is 6.07 Å². The predicted molar refractivity (Wildman–Crippen MR) is 116 cm³/mol. The number of amides is 1. The molecule has 162 valence electrons. The largest absolute Gasteiger partial charge is 0.486 e. The van der Waals surface area contributed by atoms with Crippen LogP contribution >= 0.6 is 23.4 Å². The number of nitrogens with one attached hydrogen (secondary N) is 1. The summed E-state index contributed by atoms with van der Waals surface area (Å²) in [6, 6.07) is 10.1. The first-order chi connectivity index (χ1) is 15.1. The maximum Gasteiger partial charge on any atom is 0.230 e. The summed E-state index contributed by atoms with van der Waals surface area (Å²) in [5.74, 6) is 1.48. The summed E-state index contributed by atoms with van der Waals surface area (Å²) in [4.78, 5) is 12.3. The zero-order valence-electron chi connectivity index (χ0n) is 16.7. The molecular weight excluding hydrogens is 443 g/mol. The number of benzene rings is 2. The van der Waals surface area contributed by atoms with E-state index in [0.717, 1.165) is 5.56 Å². The number of thioether (sulfide) groups is 1. The Morgan fingerprint density at radius 1 is 1.23 bits per heavy atom. The number of carbonyl (C=O) groups is 1. The highest BCUT2D eigenvalue weighted by atomic mass is 35.5. The van der Waals surface area contributed by atoms with E-state index in [-0.39, 0.29) is 28.8 Å². The first-order valence-electron chi connectivity index (χ1n) is 9.72. The summed E-state index contributed by atoms with van der Waals surface area (Å²) in [6.45, 7) is 3.67. The normalized spacial score (nSPS) is 12.6. The molecular formula is C21H20ClFN4O3S. The van der Waals surface area contributed by atoms with Crippen LogP contribution in [0.1, 0.15) is 12.5 Å². The van der Waals surface area contributed by atoms with Crippen LogP contribution in [0.15, 0.2) is 41.6 Å². The van der Waals surface area contributed by atoms with Crippen LogP contribution in [0.25, 0.3) is 11.4 Å². The van der Waals surface area contributed by atoms with E-state index in [1.165, 1.54) is 23.9 Å². The number of nitrogens with zero attached hydrogens (tertiary/aromatic N) is 3. The van der Waals surface area contributed by atoms with E-state index in [1.807, 2.05) is 29.7 Å². The maximum absolute atomic E-state index is 13.8. The van der Waals surface area contributed by atoms with Crippen molar-refractivity contribution in [1.82, 2.24) is 20.1 Å². The number of ether oxygens (including phenoxy) is 2. The van der Waals surface area contributed by atoms with Gasteiger partial charge in [-0.05, 0) is 37.3 Å². The number of hydrogen-bond donors (Lipinski definition) is 1. The molecule has 4 rings (SSSR count). The van der Waals surface area contributed by atoms with Gasteiger partial charge >= 0.3 is 0 Å². The molecule has 1 N–H and O–H groups in total.